The molecule has 0 amide bonds. The Labute approximate surface area is 107 Å². The van der Waals surface area contributed by atoms with Gasteiger partial charge in [-0.25, -0.2) is 8.78 Å². The maximum absolute atomic E-state index is 13.1. The van der Waals surface area contributed by atoms with Crippen LogP contribution in [0, 0.1) is 15.5 Å². The van der Waals surface area contributed by atoms with Gasteiger partial charge in [0, 0.05) is 25.6 Å². The summed E-state index contributed by atoms with van der Waals surface area (Å²) >= 11 is 0. The van der Waals surface area contributed by atoms with E-state index in [1.165, 1.54) is 19.2 Å². The SMILES string of the molecule is COc1nc(N2CC3(C2)CC3(F)F)ccc1[N+](=O)[O-]. The summed E-state index contributed by atoms with van der Waals surface area (Å²) in [6.07, 6.45) is -0.0827. The minimum atomic E-state index is -2.58. The second-order valence-electron chi connectivity index (χ2n) is 4.97. The molecule has 0 atom stereocenters. The highest BCUT2D eigenvalue weighted by Gasteiger charge is 2.76. The fourth-order valence-electron chi connectivity index (χ4n) is 2.46. The Kier molecular flexibility index (Phi) is 2.24. The van der Waals surface area contributed by atoms with E-state index in [9.17, 15) is 18.9 Å². The minimum absolute atomic E-state index is 0.0827. The number of aromatic nitrogens is 1. The Morgan fingerprint density at radius 3 is 2.58 bits per heavy atom. The molecule has 1 saturated carbocycles. The van der Waals surface area contributed by atoms with Crippen molar-refractivity contribution in [3.8, 4) is 5.88 Å². The van der Waals surface area contributed by atoms with E-state index in [0.717, 1.165) is 0 Å². The number of rotatable bonds is 3. The predicted octanol–water partition coefficient (Wildman–Crippen LogP) is 1.84. The first-order valence-electron chi connectivity index (χ1n) is 5.71. The van der Waals surface area contributed by atoms with Gasteiger partial charge < -0.3 is 9.64 Å². The molecule has 6 nitrogen and oxygen atoms in total. The van der Waals surface area contributed by atoms with E-state index in [4.69, 9.17) is 4.74 Å². The maximum atomic E-state index is 13.1. The van der Waals surface area contributed by atoms with Crippen molar-refractivity contribution in [1.29, 1.82) is 0 Å². The van der Waals surface area contributed by atoms with E-state index in [-0.39, 0.29) is 31.1 Å². The average Bonchev–Trinajstić information content (AvgIpc) is 2.89. The van der Waals surface area contributed by atoms with Gasteiger partial charge in [0.1, 0.15) is 5.82 Å². The lowest BCUT2D eigenvalue weighted by Gasteiger charge is -2.40. The summed E-state index contributed by atoms with van der Waals surface area (Å²) in [7, 11) is 1.28. The molecule has 0 N–H and O–H groups in total. The number of pyridine rings is 1. The van der Waals surface area contributed by atoms with E-state index in [2.05, 4.69) is 4.98 Å². The van der Waals surface area contributed by atoms with Crippen molar-refractivity contribution < 1.29 is 18.4 Å². The molecule has 8 heteroatoms. The molecule has 3 rings (SSSR count). The van der Waals surface area contributed by atoms with Crippen molar-refractivity contribution >= 4 is 11.5 Å². The van der Waals surface area contributed by atoms with Crippen molar-refractivity contribution in [2.75, 3.05) is 25.1 Å². The van der Waals surface area contributed by atoms with Gasteiger partial charge in [0.15, 0.2) is 0 Å². The highest BCUT2D eigenvalue weighted by molar-refractivity contribution is 5.53. The van der Waals surface area contributed by atoms with E-state index in [0.29, 0.717) is 5.82 Å². The Morgan fingerprint density at radius 1 is 1.47 bits per heavy atom. The molecule has 1 aliphatic heterocycles. The van der Waals surface area contributed by atoms with Crippen molar-refractivity contribution in [2.45, 2.75) is 12.3 Å². The van der Waals surface area contributed by atoms with Gasteiger partial charge in [0.05, 0.1) is 17.4 Å². The number of hydrogen-bond acceptors (Lipinski definition) is 5. The van der Waals surface area contributed by atoms with E-state index in [1.807, 2.05) is 0 Å². The first-order valence-corrected chi connectivity index (χ1v) is 5.71. The van der Waals surface area contributed by atoms with Crippen LogP contribution in [0.4, 0.5) is 20.3 Å². The lowest BCUT2D eigenvalue weighted by molar-refractivity contribution is -0.386. The molecule has 2 heterocycles. The highest BCUT2D eigenvalue weighted by atomic mass is 19.3. The van der Waals surface area contributed by atoms with Crippen LogP contribution < -0.4 is 9.64 Å². The van der Waals surface area contributed by atoms with Crippen LogP contribution in [0.1, 0.15) is 6.42 Å². The number of alkyl halides is 2. The van der Waals surface area contributed by atoms with Gasteiger partial charge in [0.25, 0.3) is 11.8 Å². The molecule has 1 spiro atoms. The quantitative estimate of drug-likeness (QED) is 0.619. The zero-order valence-corrected chi connectivity index (χ0v) is 10.1. The molecule has 1 saturated heterocycles. The maximum Gasteiger partial charge on any atom is 0.331 e. The Bertz CT molecular complexity index is 558. The van der Waals surface area contributed by atoms with Crippen LogP contribution in [0.2, 0.25) is 0 Å². The molecule has 0 aromatic carbocycles. The summed E-state index contributed by atoms with van der Waals surface area (Å²) in [5.74, 6) is -2.25. The number of hydrogen-bond donors (Lipinski definition) is 0. The van der Waals surface area contributed by atoms with Gasteiger partial charge in [0.2, 0.25) is 0 Å². The molecule has 102 valence electrons. The predicted molar refractivity (Wildman–Crippen MR) is 61.7 cm³/mol. The van der Waals surface area contributed by atoms with Crippen molar-refractivity contribution in [3.63, 3.8) is 0 Å². The topological polar surface area (TPSA) is 68.5 Å². The van der Waals surface area contributed by atoms with Gasteiger partial charge in [-0.15, -0.1) is 0 Å². The van der Waals surface area contributed by atoms with Crippen molar-refractivity contribution in [1.82, 2.24) is 4.98 Å². The van der Waals surface area contributed by atoms with Crippen LogP contribution in [0.25, 0.3) is 0 Å². The van der Waals surface area contributed by atoms with Crippen LogP contribution in [0.3, 0.4) is 0 Å². The normalized spacial score (nSPS) is 21.9. The van der Waals surface area contributed by atoms with Gasteiger partial charge in [-0.2, -0.15) is 4.98 Å². The molecular weight excluding hydrogens is 260 g/mol. The van der Waals surface area contributed by atoms with Crippen LogP contribution in [0.15, 0.2) is 12.1 Å². The zero-order chi connectivity index (χ0) is 13.8. The highest BCUT2D eigenvalue weighted by Crippen LogP contribution is 2.65. The molecule has 1 aliphatic carbocycles. The summed E-state index contributed by atoms with van der Waals surface area (Å²) in [5.41, 5.74) is -1.14. The standard InChI is InChI=1S/C11H11F2N3O3/c1-19-9-7(16(17)18)2-3-8(14-9)15-5-10(6-15)4-11(10,12)13/h2-3H,4-6H2,1H3. The summed E-state index contributed by atoms with van der Waals surface area (Å²) in [6.45, 7) is 0.460. The summed E-state index contributed by atoms with van der Waals surface area (Å²) in [5, 5.41) is 10.7. The molecule has 0 radical (unpaired) electrons. The fourth-order valence-corrected chi connectivity index (χ4v) is 2.46. The lowest BCUT2D eigenvalue weighted by atomic mass is 9.96. The first-order chi connectivity index (χ1) is 8.88. The molecule has 2 fully saturated rings. The van der Waals surface area contributed by atoms with E-state index >= 15 is 0 Å². The first kappa shape index (κ1) is 12.1. The van der Waals surface area contributed by atoms with Crippen LogP contribution in [-0.4, -0.2) is 36.0 Å². The molecule has 1 aromatic rings. The Hall–Kier alpha value is -1.99. The molecule has 2 aliphatic rings. The Morgan fingerprint density at radius 2 is 2.11 bits per heavy atom. The number of nitro groups is 1. The second-order valence-corrected chi connectivity index (χ2v) is 4.97. The van der Waals surface area contributed by atoms with Gasteiger partial charge in [-0.1, -0.05) is 0 Å². The van der Waals surface area contributed by atoms with Gasteiger partial charge in [-0.05, 0) is 6.07 Å². The summed E-state index contributed by atoms with van der Waals surface area (Å²) in [6, 6.07) is 2.73. The smallest absolute Gasteiger partial charge is 0.331 e. The number of ether oxygens (including phenoxy) is 1. The lowest BCUT2D eigenvalue weighted by Crippen LogP contribution is -2.51. The minimum Gasteiger partial charge on any atom is -0.476 e. The monoisotopic (exact) mass is 271 g/mol. The van der Waals surface area contributed by atoms with Crippen LogP contribution >= 0.6 is 0 Å². The second kappa shape index (κ2) is 3.52. The fraction of sp³-hybridized carbons (Fsp3) is 0.545. The number of nitrogens with zero attached hydrogens (tertiary/aromatic N) is 3. The molecule has 0 bridgehead atoms. The van der Waals surface area contributed by atoms with Crippen LogP contribution in [0.5, 0.6) is 5.88 Å². The largest absolute Gasteiger partial charge is 0.476 e. The third kappa shape index (κ3) is 1.62. The van der Waals surface area contributed by atoms with Crippen LogP contribution in [-0.2, 0) is 0 Å². The molecule has 0 unspecified atom stereocenters. The number of methoxy groups -OCH3 is 1. The Balaban J connectivity index is 1.79. The zero-order valence-electron chi connectivity index (χ0n) is 10.1. The van der Waals surface area contributed by atoms with Crippen molar-refractivity contribution in [2.24, 2.45) is 5.41 Å². The van der Waals surface area contributed by atoms with Gasteiger partial charge >= 0.3 is 5.69 Å². The summed E-state index contributed by atoms with van der Waals surface area (Å²) in [4.78, 5) is 15.8. The molecule has 1 aromatic heterocycles. The summed E-state index contributed by atoms with van der Waals surface area (Å²) < 4.78 is 31.0. The number of anilines is 1. The van der Waals surface area contributed by atoms with Crippen molar-refractivity contribution in [3.05, 3.63) is 22.2 Å². The van der Waals surface area contributed by atoms with E-state index < -0.39 is 16.3 Å². The third-order valence-electron chi connectivity index (χ3n) is 3.74. The average molecular weight is 271 g/mol. The number of halogens is 2. The van der Waals surface area contributed by atoms with Gasteiger partial charge in [-0.3, -0.25) is 10.1 Å². The molecular formula is C11H11F2N3O3. The van der Waals surface area contributed by atoms with E-state index in [1.54, 1.807) is 4.90 Å². The molecule has 19 heavy (non-hydrogen) atoms. The third-order valence-corrected chi connectivity index (χ3v) is 3.74.